The topological polar surface area (TPSA) is 78.5 Å². The number of amides is 3. The first-order chi connectivity index (χ1) is 14.9. The number of anilines is 2. The van der Waals surface area contributed by atoms with Crippen LogP contribution in [0.1, 0.15) is 36.6 Å². The number of fused-ring (bicyclic) bond motifs is 1. The molecule has 0 spiro atoms. The van der Waals surface area contributed by atoms with Crippen LogP contribution in [0.25, 0.3) is 0 Å². The fraction of sp³-hybridized carbons (Fsp3) is 0.0435. The van der Waals surface area contributed by atoms with Gasteiger partial charge in [-0.05, 0) is 61.1 Å². The number of halogens is 1. The van der Waals surface area contributed by atoms with Crippen molar-refractivity contribution in [3.05, 3.63) is 94.0 Å². The molecular formula is C23H16ClN3O3S. The summed E-state index contributed by atoms with van der Waals surface area (Å²) in [5, 5.41) is 5.79. The van der Waals surface area contributed by atoms with Crippen molar-refractivity contribution in [2.45, 2.75) is 6.92 Å². The highest BCUT2D eigenvalue weighted by atomic mass is 35.5. The monoisotopic (exact) mass is 449 g/mol. The van der Waals surface area contributed by atoms with E-state index in [2.05, 4.69) is 10.6 Å². The first-order valence-corrected chi connectivity index (χ1v) is 10.1. The Kier molecular flexibility index (Phi) is 5.54. The van der Waals surface area contributed by atoms with Crippen LogP contribution in [0.3, 0.4) is 0 Å². The summed E-state index contributed by atoms with van der Waals surface area (Å²) in [4.78, 5) is 38.8. The van der Waals surface area contributed by atoms with Gasteiger partial charge in [0.15, 0.2) is 5.11 Å². The average Bonchev–Trinajstić information content (AvgIpc) is 3.00. The van der Waals surface area contributed by atoms with E-state index >= 15 is 0 Å². The van der Waals surface area contributed by atoms with Crippen LogP contribution in [0.4, 0.5) is 11.4 Å². The van der Waals surface area contributed by atoms with Crippen molar-refractivity contribution in [1.29, 1.82) is 0 Å². The lowest BCUT2D eigenvalue weighted by molar-refractivity contribution is 0.0923. The molecule has 1 aliphatic rings. The van der Waals surface area contributed by atoms with Crippen molar-refractivity contribution >= 4 is 58.0 Å². The molecule has 3 aromatic carbocycles. The number of imide groups is 1. The largest absolute Gasteiger partial charge is 0.331 e. The summed E-state index contributed by atoms with van der Waals surface area (Å²) in [7, 11) is 0. The minimum atomic E-state index is -0.404. The maximum atomic E-state index is 12.6. The molecule has 3 amide bonds. The van der Waals surface area contributed by atoms with Crippen molar-refractivity contribution in [3.8, 4) is 0 Å². The van der Waals surface area contributed by atoms with Crippen LogP contribution in [-0.2, 0) is 0 Å². The Morgan fingerprint density at radius 3 is 2.16 bits per heavy atom. The smallest absolute Gasteiger partial charge is 0.266 e. The van der Waals surface area contributed by atoms with Crippen molar-refractivity contribution in [3.63, 3.8) is 0 Å². The van der Waals surface area contributed by atoms with Gasteiger partial charge in [0, 0.05) is 5.56 Å². The Morgan fingerprint density at radius 1 is 0.935 bits per heavy atom. The van der Waals surface area contributed by atoms with Crippen LogP contribution >= 0.6 is 23.8 Å². The Bertz CT molecular complexity index is 1220. The molecule has 0 aliphatic carbocycles. The summed E-state index contributed by atoms with van der Waals surface area (Å²) in [5.41, 5.74) is 2.82. The third kappa shape index (κ3) is 3.93. The van der Waals surface area contributed by atoms with Crippen molar-refractivity contribution in [2.24, 2.45) is 0 Å². The third-order valence-corrected chi connectivity index (χ3v) is 5.39. The van der Waals surface area contributed by atoms with Gasteiger partial charge in [0.1, 0.15) is 0 Å². The van der Waals surface area contributed by atoms with Gasteiger partial charge in [-0.25, -0.2) is 4.90 Å². The highest BCUT2D eigenvalue weighted by Crippen LogP contribution is 2.32. The standard InChI is InChI=1S/C23H16ClN3O3S/c1-13-6-2-3-7-15(13)20(28)26-23(31)25-19-11-10-14(12-18(19)24)27-21(29)16-8-4-5-9-17(16)22(27)30/h2-12H,1H3,(H2,25,26,28,31). The molecule has 4 rings (SSSR count). The SMILES string of the molecule is Cc1ccccc1C(=O)NC(=S)Nc1ccc(N2C(=O)c3ccccc3C2=O)cc1Cl. The van der Waals surface area contributed by atoms with E-state index < -0.39 is 11.8 Å². The number of rotatable bonds is 3. The summed E-state index contributed by atoms with van der Waals surface area (Å²) in [6.45, 7) is 1.83. The second-order valence-electron chi connectivity index (χ2n) is 6.88. The molecule has 0 unspecified atom stereocenters. The Hall–Kier alpha value is -3.55. The Labute approximate surface area is 188 Å². The van der Waals surface area contributed by atoms with Gasteiger partial charge >= 0.3 is 0 Å². The predicted octanol–water partition coefficient (Wildman–Crippen LogP) is 4.58. The van der Waals surface area contributed by atoms with Gasteiger partial charge in [-0.3, -0.25) is 19.7 Å². The van der Waals surface area contributed by atoms with Gasteiger partial charge in [0.2, 0.25) is 0 Å². The van der Waals surface area contributed by atoms with Crippen LogP contribution in [0.2, 0.25) is 5.02 Å². The summed E-state index contributed by atoms with van der Waals surface area (Å²) < 4.78 is 0. The van der Waals surface area contributed by atoms with E-state index in [1.165, 1.54) is 6.07 Å². The molecule has 3 aromatic rings. The minimum Gasteiger partial charge on any atom is -0.331 e. The second kappa shape index (κ2) is 8.29. The van der Waals surface area contributed by atoms with E-state index in [4.69, 9.17) is 23.8 Å². The molecule has 1 heterocycles. The molecule has 1 aliphatic heterocycles. The lowest BCUT2D eigenvalue weighted by Gasteiger charge is -2.16. The quantitative estimate of drug-likeness (QED) is 0.452. The summed E-state index contributed by atoms with van der Waals surface area (Å²) in [6, 6.07) is 18.5. The van der Waals surface area contributed by atoms with E-state index in [-0.39, 0.29) is 16.0 Å². The summed E-state index contributed by atoms with van der Waals surface area (Å²) >= 11 is 11.6. The zero-order valence-electron chi connectivity index (χ0n) is 16.3. The number of nitrogens with zero attached hydrogens (tertiary/aromatic N) is 1. The maximum Gasteiger partial charge on any atom is 0.266 e. The lowest BCUT2D eigenvalue weighted by atomic mass is 10.1. The summed E-state index contributed by atoms with van der Waals surface area (Å²) in [6.07, 6.45) is 0. The Morgan fingerprint density at radius 2 is 1.55 bits per heavy atom. The first-order valence-electron chi connectivity index (χ1n) is 9.32. The molecule has 0 saturated heterocycles. The van der Waals surface area contributed by atoms with E-state index in [1.54, 1.807) is 48.5 Å². The van der Waals surface area contributed by atoms with Crippen molar-refractivity contribution < 1.29 is 14.4 Å². The highest BCUT2D eigenvalue weighted by Gasteiger charge is 2.36. The summed E-state index contributed by atoms with van der Waals surface area (Å²) in [5.74, 6) is -1.15. The highest BCUT2D eigenvalue weighted by molar-refractivity contribution is 7.80. The number of carbonyl (C=O) groups excluding carboxylic acids is 3. The molecule has 2 N–H and O–H groups in total. The van der Waals surface area contributed by atoms with E-state index in [1.807, 2.05) is 19.1 Å². The molecule has 0 bridgehead atoms. The third-order valence-electron chi connectivity index (χ3n) is 4.87. The molecular weight excluding hydrogens is 434 g/mol. The number of aryl methyl sites for hydroxylation is 1. The van der Waals surface area contributed by atoms with Gasteiger partial charge in [0.05, 0.1) is 27.5 Å². The van der Waals surface area contributed by atoms with Crippen LogP contribution in [0.5, 0.6) is 0 Å². The lowest BCUT2D eigenvalue weighted by Crippen LogP contribution is -2.34. The molecule has 6 nitrogen and oxygen atoms in total. The van der Waals surface area contributed by atoms with E-state index in [9.17, 15) is 14.4 Å². The molecule has 0 fully saturated rings. The van der Waals surface area contributed by atoms with Gasteiger partial charge in [-0.1, -0.05) is 41.9 Å². The number of hydrogen-bond acceptors (Lipinski definition) is 4. The molecule has 0 atom stereocenters. The van der Waals surface area contributed by atoms with Crippen LogP contribution in [0, 0.1) is 6.92 Å². The number of nitrogens with one attached hydrogen (secondary N) is 2. The molecule has 154 valence electrons. The van der Waals surface area contributed by atoms with E-state index in [0.717, 1.165) is 10.5 Å². The molecule has 0 saturated carbocycles. The molecule has 8 heteroatoms. The van der Waals surface area contributed by atoms with E-state index in [0.29, 0.717) is 28.1 Å². The van der Waals surface area contributed by atoms with Gasteiger partial charge in [-0.2, -0.15) is 0 Å². The molecule has 31 heavy (non-hydrogen) atoms. The Balaban J connectivity index is 1.49. The van der Waals surface area contributed by atoms with Crippen molar-refractivity contribution in [1.82, 2.24) is 5.32 Å². The number of carbonyl (C=O) groups is 3. The zero-order chi connectivity index (χ0) is 22.1. The fourth-order valence-corrected chi connectivity index (χ4v) is 3.74. The fourth-order valence-electron chi connectivity index (χ4n) is 3.32. The number of benzene rings is 3. The number of hydrogen-bond donors (Lipinski definition) is 2. The van der Waals surface area contributed by atoms with Gasteiger partial charge in [0.25, 0.3) is 17.7 Å². The zero-order valence-corrected chi connectivity index (χ0v) is 17.9. The number of thiocarbonyl (C=S) groups is 1. The van der Waals surface area contributed by atoms with Crippen molar-refractivity contribution in [2.75, 3.05) is 10.2 Å². The maximum absolute atomic E-state index is 12.6. The predicted molar refractivity (Wildman–Crippen MR) is 124 cm³/mol. The normalized spacial score (nSPS) is 12.5. The van der Waals surface area contributed by atoms with Crippen LogP contribution in [0.15, 0.2) is 66.7 Å². The van der Waals surface area contributed by atoms with Gasteiger partial charge < -0.3 is 5.32 Å². The molecule has 0 radical (unpaired) electrons. The minimum absolute atomic E-state index is 0.0728. The molecule has 0 aromatic heterocycles. The van der Waals surface area contributed by atoms with Crippen LogP contribution < -0.4 is 15.5 Å². The van der Waals surface area contributed by atoms with Gasteiger partial charge in [-0.15, -0.1) is 0 Å². The second-order valence-corrected chi connectivity index (χ2v) is 7.69. The van der Waals surface area contributed by atoms with Crippen LogP contribution in [-0.4, -0.2) is 22.8 Å². The average molecular weight is 450 g/mol. The first kappa shape index (κ1) is 20.7.